The Labute approximate surface area is 172 Å². The van der Waals surface area contributed by atoms with E-state index < -0.39 is 0 Å². The SMILES string of the molecule is Cl.Cl.NCC(C(=O)N1CCN(c2ccc(Cl)cc2)CC1)c1ccccc1. The molecule has 2 aromatic rings. The third-order valence-corrected chi connectivity index (χ3v) is 4.77. The molecule has 1 heterocycles. The van der Waals surface area contributed by atoms with Gasteiger partial charge in [-0.25, -0.2) is 0 Å². The van der Waals surface area contributed by atoms with Crippen molar-refractivity contribution in [2.75, 3.05) is 37.6 Å². The maximum absolute atomic E-state index is 12.8. The summed E-state index contributed by atoms with van der Waals surface area (Å²) in [5, 5.41) is 0.737. The molecule has 1 unspecified atom stereocenters. The fraction of sp³-hybridized carbons (Fsp3) is 0.316. The van der Waals surface area contributed by atoms with Crippen molar-refractivity contribution < 1.29 is 4.79 Å². The minimum Gasteiger partial charge on any atom is -0.368 e. The van der Waals surface area contributed by atoms with E-state index in [0.717, 1.165) is 29.4 Å². The quantitative estimate of drug-likeness (QED) is 0.829. The van der Waals surface area contributed by atoms with E-state index in [-0.39, 0.29) is 36.6 Å². The van der Waals surface area contributed by atoms with Crippen LogP contribution < -0.4 is 10.6 Å². The summed E-state index contributed by atoms with van der Waals surface area (Å²) in [5.74, 6) is -0.132. The number of amides is 1. The highest BCUT2D eigenvalue weighted by molar-refractivity contribution is 6.30. The molecule has 1 saturated heterocycles. The summed E-state index contributed by atoms with van der Waals surface area (Å²) < 4.78 is 0. The van der Waals surface area contributed by atoms with Crippen molar-refractivity contribution in [3.05, 3.63) is 65.2 Å². The molecule has 2 aromatic carbocycles. The van der Waals surface area contributed by atoms with E-state index in [1.54, 1.807) is 0 Å². The van der Waals surface area contributed by atoms with Crippen LogP contribution in [0.15, 0.2) is 54.6 Å². The number of nitrogens with two attached hydrogens (primary N) is 1. The Morgan fingerprint density at radius 3 is 2.08 bits per heavy atom. The van der Waals surface area contributed by atoms with E-state index in [2.05, 4.69) is 4.90 Å². The lowest BCUT2D eigenvalue weighted by Crippen LogP contribution is -2.50. The van der Waals surface area contributed by atoms with E-state index >= 15 is 0 Å². The first-order chi connectivity index (χ1) is 11.7. The second kappa shape index (κ2) is 10.6. The van der Waals surface area contributed by atoms with Gasteiger partial charge in [0.15, 0.2) is 0 Å². The molecule has 0 spiro atoms. The van der Waals surface area contributed by atoms with Crippen molar-refractivity contribution in [3.8, 4) is 0 Å². The zero-order valence-electron chi connectivity index (χ0n) is 14.4. The summed E-state index contributed by atoms with van der Waals surface area (Å²) >= 11 is 5.94. The Morgan fingerprint density at radius 2 is 1.54 bits per heavy atom. The molecular weight excluding hydrogens is 393 g/mol. The third-order valence-electron chi connectivity index (χ3n) is 4.52. The summed E-state index contributed by atoms with van der Waals surface area (Å²) in [6.45, 7) is 3.40. The number of hydrogen-bond donors (Lipinski definition) is 1. The number of rotatable bonds is 4. The molecule has 142 valence electrons. The van der Waals surface area contributed by atoms with Crippen molar-refractivity contribution in [2.24, 2.45) is 5.73 Å². The Bertz CT molecular complexity index is 674. The molecule has 4 nitrogen and oxygen atoms in total. The van der Waals surface area contributed by atoms with E-state index in [0.29, 0.717) is 19.6 Å². The van der Waals surface area contributed by atoms with Gasteiger partial charge in [0.1, 0.15) is 0 Å². The summed E-state index contributed by atoms with van der Waals surface area (Å²) in [5.41, 5.74) is 8.01. The smallest absolute Gasteiger partial charge is 0.231 e. The van der Waals surface area contributed by atoms with Gasteiger partial charge in [0.25, 0.3) is 0 Å². The standard InChI is InChI=1S/C19H22ClN3O.2ClH/c20-16-6-8-17(9-7-16)22-10-12-23(13-11-22)19(24)18(14-21)15-4-2-1-3-5-15;;/h1-9,18H,10-14,21H2;2*1H. The molecule has 26 heavy (non-hydrogen) atoms. The molecule has 1 amide bonds. The topological polar surface area (TPSA) is 49.6 Å². The first-order valence-corrected chi connectivity index (χ1v) is 8.61. The van der Waals surface area contributed by atoms with E-state index in [1.165, 1.54) is 0 Å². The van der Waals surface area contributed by atoms with Crippen LogP contribution in [-0.2, 0) is 4.79 Å². The van der Waals surface area contributed by atoms with Gasteiger partial charge in [-0.1, -0.05) is 41.9 Å². The number of carbonyl (C=O) groups is 1. The largest absolute Gasteiger partial charge is 0.368 e. The van der Waals surface area contributed by atoms with E-state index in [9.17, 15) is 4.79 Å². The second-order valence-corrected chi connectivity index (χ2v) is 6.42. The van der Waals surface area contributed by atoms with Gasteiger partial charge in [0.2, 0.25) is 5.91 Å². The molecule has 0 aromatic heterocycles. The fourth-order valence-electron chi connectivity index (χ4n) is 3.12. The first kappa shape index (κ1) is 22.6. The van der Waals surface area contributed by atoms with Gasteiger partial charge < -0.3 is 15.5 Å². The maximum Gasteiger partial charge on any atom is 0.231 e. The monoisotopic (exact) mass is 415 g/mol. The Balaban J connectivity index is 0.00000169. The van der Waals surface area contributed by atoms with Crippen LogP contribution in [0.25, 0.3) is 0 Å². The molecule has 3 rings (SSSR count). The minimum absolute atomic E-state index is 0. The Kier molecular flexibility index (Phi) is 9.23. The molecule has 1 aliphatic heterocycles. The lowest BCUT2D eigenvalue weighted by Gasteiger charge is -2.37. The van der Waals surface area contributed by atoms with E-state index in [1.807, 2.05) is 59.5 Å². The molecule has 7 heteroatoms. The maximum atomic E-state index is 12.8. The van der Waals surface area contributed by atoms with Crippen molar-refractivity contribution in [2.45, 2.75) is 5.92 Å². The number of anilines is 1. The van der Waals surface area contributed by atoms with Crippen LogP contribution in [0.1, 0.15) is 11.5 Å². The molecular formula is C19H24Cl3N3O. The van der Waals surface area contributed by atoms with Gasteiger partial charge >= 0.3 is 0 Å². The number of benzene rings is 2. The molecule has 1 atom stereocenters. The zero-order chi connectivity index (χ0) is 16.9. The van der Waals surface area contributed by atoms with Gasteiger partial charge in [-0.15, -0.1) is 24.8 Å². The molecule has 0 bridgehead atoms. The Morgan fingerprint density at radius 1 is 0.962 bits per heavy atom. The zero-order valence-corrected chi connectivity index (χ0v) is 16.8. The molecule has 1 aliphatic rings. The summed E-state index contributed by atoms with van der Waals surface area (Å²) in [6.07, 6.45) is 0. The minimum atomic E-state index is -0.256. The lowest BCUT2D eigenvalue weighted by molar-refractivity contribution is -0.132. The van der Waals surface area contributed by atoms with Crippen LogP contribution in [0.4, 0.5) is 5.69 Å². The predicted molar refractivity (Wildman–Crippen MR) is 113 cm³/mol. The molecule has 0 radical (unpaired) electrons. The molecule has 1 fully saturated rings. The predicted octanol–water partition coefficient (Wildman–Crippen LogP) is 3.57. The highest BCUT2D eigenvalue weighted by Crippen LogP contribution is 2.22. The van der Waals surface area contributed by atoms with Crippen molar-refractivity contribution in [1.82, 2.24) is 4.90 Å². The number of hydrogen-bond acceptors (Lipinski definition) is 3. The lowest BCUT2D eigenvalue weighted by atomic mass is 9.97. The molecule has 0 saturated carbocycles. The van der Waals surface area contributed by atoms with Gasteiger partial charge in [-0.05, 0) is 29.8 Å². The third kappa shape index (κ3) is 5.27. The van der Waals surface area contributed by atoms with Crippen molar-refractivity contribution >= 4 is 48.0 Å². The van der Waals surface area contributed by atoms with Gasteiger partial charge in [0, 0.05) is 43.4 Å². The molecule has 0 aliphatic carbocycles. The summed E-state index contributed by atoms with van der Waals surface area (Å²) in [6, 6.07) is 17.6. The van der Waals surface area contributed by atoms with Gasteiger partial charge in [-0.2, -0.15) is 0 Å². The number of halogens is 3. The first-order valence-electron chi connectivity index (χ1n) is 8.23. The summed E-state index contributed by atoms with van der Waals surface area (Å²) in [4.78, 5) is 17.0. The highest BCUT2D eigenvalue weighted by Gasteiger charge is 2.27. The average molecular weight is 417 g/mol. The summed E-state index contributed by atoms with van der Waals surface area (Å²) in [7, 11) is 0. The van der Waals surface area contributed by atoms with Crippen LogP contribution in [0, 0.1) is 0 Å². The Hall–Kier alpha value is -1.46. The highest BCUT2D eigenvalue weighted by atomic mass is 35.5. The van der Waals surface area contributed by atoms with Crippen LogP contribution in [0.3, 0.4) is 0 Å². The molecule has 2 N–H and O–H groups in total. The normalized spacial score (nSPS) is 14.8. The van der Waals surface area contributed by atoms with Crippen molar-refractivity contribution in [3.63, 3.8) is 0 Å². The second-order valence-electron chi connectivity index (χ2n) is 5.99. The number of piperazine rings is 1. The number of nitrogens with zero attached hydrogens (tertiary/aromatic N) is 2. The van der Waals surface area contributed by atoms with Crippen LogP contribution in [0.5, 0.6) is 0 Å². The van der Waals surface area contributed by atoms with Crippen LogP contribution in [0.2, 0.25) is 5.02 Å². The van der Waals surface area contributed by atoms with E-state index in [4.69, 9.17) is 17.3 Å². The van der Waals surface area contributed by atoms with Gasteiger partial charge in [0.05, 0.1) is 5.92 Å². The fourth-order valence-corrected chi connectivity index (χ4v) is 3.25. The van der Waals surface area contributed by atoms with Crippen LogP contribution >= 0.6 is 36.4 Å². The number of carbonyl (C=O) groups excluding carboxylic acids is 1. The average Bonchev–Trinajstić information content (AvgIpc) is 2.64. The van der Waals surface area contributed by atoms with Crippen molar-refractivity contribution in [1.29, 1.82) is 0 Å². The van der Waals surface area contributed by atoms with Crippen LogP contribution in [-0.4, -0.2) is 43.5 Å². The van der Waals surface area contributed by atoms with Gasteiger partial charge in [-0.3, -0.25) is 4.79 Å².